The molecule has 0 spiro atoms. The zero-order valence-corrected chi connectivity index (χ0v) is 14.2. The molecule has 0 radical (unpaired) electrons. The summed E-state index contributed by atoms with van der Waals surface area (Å²) in [6.07, 6.45) is 0. The van der Waals surface area contributed by atoms with Crippen molar-refractivity contribution in [3.63, 3.8) is 0 Å². The molecule has 0 aliphatic heterocycles. The first-order valence-electron chi connectivity index (χ1n) is 4.83. The van der Waals surface area contributed by atoms with Crippen LogP contribution in [0.5, 0.6) is 0 Å². The van der Waals surface area contributed by atoms with E-state index in [1.165, 1.54) is 5.56 Å². The van der Waals surface area contributed by atoms with Crippen LogP contribution in [-0.4, -0.2) is 18.5 Å². The van der Waals surface area contributed by atoms with E-state index in [4.69, 9.17) is 74.7 Å². The first kappa shape index (κ1) is 19.6. The van der Waals surface area contributed by atoms with Gasteiger partial charge in [0, 0.05) is 0 Å². The number of hydrogen-bond acceptors (Lipinski definition) is 2. The van der Waals surface area contributed by atoms with Gasteiger partial charge in [-0.15, -0.1) is 0 Å². The van der Waals surface area contributed by atoms with Crippen molar-refractivity contribution in [2.45, 2.75) is 21.1 Å². The summed E-state index contributed by atoms with van der Waals surface area (Å²) < 4.78 is -4.35. The van der Waals surface area contributed by atoms with Gasteiger partial charge in [-0.1, -0.05) is 99.4 Å². The third kappa shape index (κ3) is 8.46. The van der Waals surface area contributed by atoms with Crippen LogP contribution in [0.1, 0.15) is 11.1 Å². The van der Waals surface area contributed by atoms with E-state index < -0.39 is 13.4 Å². The molecule has 0 bridgehead atoms. The van der Waals surface area contributed by atoms with Crippen molar-refractivity contribution < 1.29 is 9.90 Å². The lowest BCUT2D eigenvalue weighted by molar-refractivity contribution is -0.117. The number of alkyl halides is 6. The SMILES string of the molecule is Cc1ccc(CO)cc1.O=C(C(Cl)(Cl)Cl)C(Cl)(Cl)Cl. The molecule has 8 heteroatoms. The van der Waals surface area contributed by atoms with Crippen LogP contribution in [0.3, 0.4) is 0 Å². The molecule has 0 aliphatic carbocycles. The van der Waals surface area contributed by atoms with Crippen LogP contribution in [0.25, 0.3) is 0 Å². The second kappa shape index (κ2) is 8.14. The lowest BCUT2D eigenvalue weighted by Gasteiger charge is -2.14. The lowest BCUT2D eigenvalue weighted by atomic mass is 10.2. The smallest absolute Gasteiger partial charge is 0.253 e. The summed E-state index contributed by atoms with van der Waals surface area (Å²) in [4.78, 5) is 10.7. The van der Waals surface area contributed by atoms with Gasteiger partial charge in [0.05, 0.1) is 6.61 Å². The molecule has 0 atom stereocenters. The van der Waals surface area contributed by atoms with Crippen LogP contribution < -0.4 is 0 Å². The van der Waals surface area contributed by atoms with Crippen LogP contribution in [0.2, 0.25) is 0 Å². The highest BCUT2D eigenvalue weighted by Gasteiger charge is 2.44. The fourth-order valence-electron chi connectivity index (χ4n) is 0.854. The van der Waals surface area contributed by atoms with Crippen molar-refractivity contribution in [2.24, 2.45) is 0 Å². The summed E-state index contributed by atoms with van der Waals surface area (Å²) in [7, 11) is 0. The van der Waals surface area contributed by atoms with Gasteiger partial charge in [-0.25, -0.2) is 0 Å². The van der Waals surface area contributed by atoms with Crippen molar-refractivity contribution in [3.05, 3.63) is 35.4 Å². The van der Waals surface area contributed by atoms with Gasteiger partial charge in [0.25, 0.3) is 7.59 Å². The maximum absolute atomic E-state index is 10.7. The minimum absolute atomic E-state index is 0.139. The molecule has 0 heterocycles. The molecular weight excluding hydrogens is 377 g/mol. The number of halogens is 6. The van der Waals surface area contributed by atoms with E-state index in [0.29, 0.717) is 0 Å². The number of aliphatic hydroxyl groups excluding tert-OH is 1. The number of rotatable bonds is 1. The Morgan fingerprint density at radius 3 is 1.58 bits per heavy atom. The van der Waals surface area contributed by atoms with Gasteiger partial charge in [0.1, 0.15) is 0 Å². The van der Waals surface area contributed by atoms with Gasteiger partial charge in [0.15, 0.2) is 0 Å². The molecule has 0 amide bonds. The second-order valence-corrected chi connectivity index (χ2v) is 8.03. The maximum atomic E-state index is 10.7. The monoisotopic (exact) mass is 384 g/mol. The zero-order valence-electron chi connectivity index (χ0n) is 9.64. The highest BCUT2D eigenvalue weighted by Crippen LogP contribution is 2.39. The Morgan fingerprint density at radius 1 is 1.00 bits per heavy atom. The number of carbonyl (C=O) groups excluding carboxylic acids is 1. The minimum atomic E-state index is -2.18. The highest BCUT2D eigenvalue weighted by atomic mass is 35.6. The lowest BCUT2D eigenvalue weighted by Crippen LogP contribution is -2.31. The molecule has 0 saturated heterocycles. The summed E-state index contributed by atoms with van der Waals surface area (Å²) in [5, 5.41) is 8.63. The van der Waals surface area contributed by atoms with Gasteiger partial charge in [-0.2, -0.15) is 0 Å². The topological polar surface area (TPSA) is 37.3 Å². The van der Waals surface area contributed by atoms with Crippen molar-refractivity contribution in [2.75, 3.05) is 0 Å². The standard InChI is InChI=1S/C8H10O.C3Cl6O/c1-7-2-4-8(6-9)5-3-7;4-2(5,6)1(10)3(7,8)9/h2-5,9H,6H2,1H3;. The van der Waals surface area contributed by atoms with Crippen LogP contribution in [0.15, 0.2) is 24.3 Å². The number of carbonyl (C=O) groups is 1. The number of Topliss-reactive ketones (excluding diaryl/α,β-unsaturated/α-hetero) is 1. The predicted octanol–water partition coefficient (Wildman–Crippen LogP) is 4.78. The number of benzene rings is 1. The zero-order chi connectivity index (χ0) is 15.3. The molecule has 1 aromatic rings. The van der Waals surface area contributed by atoms with Crippen molar-refractivity contribution in [1.29, 1.82) is 0 Å². The molecule has 0 aromatic heterocycles. The Hall–Kier alpha value is 0.590. The second-order valence-electron chi connectivity index (χ2n) is 3.47. The summed E-state index contributed by atoms with van der Waals surface area (Å²) in [5.74, 6) is -1.09. The number of aliphatic hydroxyl groups is 1. The van der Waals surface area contributed by atoms with Crippen LogP contribution in [-0.2, 0) is 11.4 Å². The van der Waals surface area contributed by atoms with E-state index in [2.05, 4.69) is 0 Å². The third-order valence-electron chi connectivity index (χ3n) is 1.82. The first-order valence-corrected chi connectivity index (χ1v) is 7.10. The van der Waals surface area contributed by atoms with Gasteiger partial charge < -0.3 is 5.11 Å². The maximum Gasteiger partial charge on any atom is 0.253 e. The molecule has 1 aromatic carbocycles. The molecule has 19 heavy (non-hydrogen) atoms. The average molecular weight is 387 g/mol. The van der Waals surface area contributed by atoms with Gasteiger partial charge >= 0.3 is 0 Å². The average Bonchev–Trinajstić information content (AvgIpc) is 2.27. The van der Waals surface area contributed by atoms with E-state index >= 15 is 0 Å². The third-order valence-corrected chi connectivity index (χ3v) is 2.85. The van der Waals surface area contributed by atoms with Gasteiger partial charge in [-0.05, 0) is 12.5 Å². The van der Waals surface area contributed by atoms with Crippen LogP contribution in [0.4, 0.5) is 0 Å². The molecule has 1 N–H and O–H groups in total. The highest BCUT2D eigenvalue weighted by molar-refractivity contribution is 6.86. The Balaban J connectivity index is 0.000000342. The summed E-state index contributed by atoms with van der Waals surface area (Å²) in [6.45, 7) is 2.17. The first-order chi connectivity index (χ1) is 8.48. The van der Waals surface area contributed by atoms with E-state index in [0.717, 1.165) is 5.56 Å². The molecule has 1 rings (SSSR count). The molecular formula is C11H10Cl6O2. The van der Waals surface area contributed by atoms with Crippen LogP contribution in [0, 0.1) is 6.92 Å². The largest absolute Gasteiger partial charge is 0.392 e. The quantitative estimate of drug-likeness (QED) is 0.705. The normalized spacial score (nSPS) is 11.6. The van der Waals surface area contributed by atoms with E-state index in [1.54, 1.807) is 0 Å². The van der Waals surface area contributed by atoms with E-state index in [9.17, 15) is 4.79 Å². The Kier molecular flexibility index (Phi) is 8.39. The predicted molar refractivity (Wildman–Crippen MR) is 82.7 cm³/mol. The van der Waals surface area contributed by atoms with Crippen molar-refractivity contribution >= 4 is 75.4 Å². The molecule has 2 nitrogen and oxygen atoms in total. The van der Waals surface area contributed by atoms with E-state index in [-0.39, 0.29) is 6.61 Å². The number of hydrogen-bond donors (Lipinski definition) is 1. The Labute approximate surface area is 141 Å². The molecule has 0 saturated carbocycles. The fourth-order valence-corrected chi connectivity index (χ4v) is 2.14. The van der Waals surface area contributed by atoms with Gasteiger partial charge in [0.2, 0.25) is 5.78 Å². The van der Waals surface area contributed by atoms with E-state index in [1.807, 2.05) is 31.2 Å². The molecule has 0 fully saturated rings. The summed E-state index contributed by atoms with van der Waals surface area (Å²) in [5.41, 5.74) is 2.20. The fraction of sp³-hybridized carbons (Fsp3) is 0.364. The Morgan fingerprint density at radius 2 is 1.37 bits per heavy atom. The molecule has 0 unspecified atom stereocenters. The van der Waals surface area contributed by atoms with Crippen molar-refractivity contribution in [1.82, 2.24) is 0 Å². The number of ketones is 1. The molecule has 108 valence electrons. The molecule has 0 aliphatic rings. The minimum Gasteiger partial charge on any atom is -0.392 e. The van der Waals surface area contributed by atoms with Crippen LogP contribution >= 0.6 is 69.6 Å². The summed E-state index contributed by atoms with van der Waals surface area (Å²) in [6, 6.07) is 7.84. The Bertz CT molecular complexity index is 389. The van der Waals surface area contributed by atoms with Crippen molar-refractivity contribution in [3.8, 4) is 0 Å². The number of aryl methyl sites for hydroxylation is 1. The van der Waals surface area contributed by atoms with Gasteiger partial charge in [-0.3, -0.25) is 4.79 Å². The summed E-state index contributed by atoms with van der Waals surface area (Å²) >= 11 is 30.6.